The predicted octanol–water partition coefficient (Wildman–Crippen LogP) is 3.94. The van der Waals surface area contributed by atoms with Crippen molar-refractivity contribution in [3.05, 3.63) is 66.2 Å². The van der Waals surface area contributed by atoms with Crippen LogP contribution in [0.2, 0.25) is 0 Å². The molecule has 5 aliphatic rings. The van der Waals surface area contributed by atoms with Crippen molar-refractivity contribution in [1.29, 1.82) is 0 Å². The van der Waals surface area contributed by atoms with Crippen molar-refractivity contribution in [2.75, 3.05) is 23.9 Å². The SMILES string of the molecule is COc1ccc(C(=O)CNc2ccc(N3C(=O)C4CC5C=CC(C6CC56)C4C3=O)cc2)cc1. The van der Waals surface area contributed by atoms with Crippen LogP contribution in [0.4, 0.5) is 11.4 Å². The molecule has 4 aliphatic carbocycles. The van der Waals surface area contributed by atoms with Gasteiger partial charge in [-0.3, -0.25) is 19.3 Å². The summed E-state index contributed by atoms with van der Waals surface area (Å²) in [6, 6.07) is 14.2. The summed E-state index contributed by atoms with van der Waals surface area (Å²) in [5.74, 6) is 2.09. The second-order valence-electron chi connectivity index (χ2n) is 9.62. The maximum atomic E-state index is 13.4. The first kappa shape index (κ1) is 20.2. The van der Waals surface area contributed by atoms with Gasteiger partial charge in [-0.1, -0.05) is 12.2 Å². The van der Waals surface area contributed by atoms with Gasteiger partial charge in [0, 0.05) is 11.3 Å². The Kier molecular flexibility index (Phi) is 4.64. The van der Waals surface area contributed by atoms with E-state index < -0.39 is 0 Å². The quantitative estimate of drug-likeness (QED) is 0.417. The van der Waals surface area contributed by atoms with Crippen molar-refractivity contribution < 1.29 is 19.1 Å². The monoisotopic (exact) mass is 442 g/mol. The Morgan fingerprint density at radius 1 is 0.970 bits per heavy atom. The third kappa shape index (κ3) is 3.27. The zero-order chi connectivity index (χ0) is 22.7. The van der Waals surface area contributed by atoms with Gasteiger partial charge in [-0.2, -0.15) is 0 Å². The highest BCUT2D eigenvalue weighted by atomic mass is 16.5. The highest BCUT2D eigenvalue weighted by Crippen LogP contribution is 2.62. The Labute approximate surface area is 192 Å². The molecule has 2 amide bonds. The number of allylic oxidation sites excluding steroid dienone is 2. The maximum Gasteiger partial charge on any atom is 0.238 e. The van der Waals surface area contributed by atoms with Crippen LogP contribution in [0.15, 0.2) is 60.7 Å². The minimum absolute atomic E-state index is 0.0340. The van der Waals surface area contributed by atoms with Gasteiger partial charge in [0.05, 0.1) is 31.2 Å². The van der Waals surface area contributed by atoms with E-state index in [2.05, 4.69) is 17.5 Å². The number of nitrogens with one attached hydrogen (secondary N) is 1. The summed E-state index contributed by atoms with van der Waals surface area (Å²) in [4.78, 5) is 40.4. The van der Waals surface area contributed by atoms with E-state index >= 15 is 0 Å². The van der Waals surface area contributed by atoms with Gasteiger partial charge in [0.2, 0.25) is 11.8 Å². The fourth-order valence-corrected chi connectivity index (χ4v) is 6.13. The molecule has 6 nitrogen and oxygen atoms in total. The van der Waals surface area contributed by atoms with E-state index in [1.54, 1.807) is 43.5 Å². The summed E-state index contributed by atoms with van der Waals surface area (Å²) in [6.45, 7) is 0.148. The molecule has 1 saturated heterocycles. The van der Waals surface area contributed by atoms with Crippen LogP contribution in [0, 0.1) is 35.5 Å². The molecule has 2 saturated carbocycles. The van der Waals surface area contributed by atoms with E-state index in [1.165, 1.54) is 11.3 Å². The number of methoxy groups -OCH3 is 1. The standard InChI is InChI=1S/C27H26N2O4/c1-33-19-9-2-15(3-10-19)24(30)14-28-17-5-7-18(8-6-17)29-26(31)23-12-16-4-11-20(22-13-21(16)22)25(23)27(29)32/h2-11,16,20-23,25,28H,12-14H2,1H3. The first-order chi connectivity index (χ1) is 16.0. The van der Waals surface area contributed by atoms with Crippen LogP contribution in [0.5, 0.6) is 5.75 Å². The molecule has 6 unspecified atom stereocenters. The van der Waals surface area contributed by atoms with E-state index in [-0.39, 0.29) is 41.9 Å². The summed E-state index contributed by atoms with van der Waals surface area (Å²) >= 11 is 0. The fraction of sp³-hybridized carbons (Fsp3) is 0.370. The predicted molar refractivity (Wildman–Crippen MR) is 124 cm³/mol. The lowest BCUT2D eigenvalue weighted by molar-refractivity contribution is -0.123. The van der Waals surface area contributed by atoms with Gasteiger partial charge >= 0.3 is 0 Å². The average molecular weight is 443 g/mol. The second kappa shape index (κ2) is 7.58. The number of ether oxygens (including phenoxy) is 1. The Balaban J connectivity index is 1.14. The van der Waals surface area contributed by atoms with Gasteiger partial charge in [-0.15, -0.1) is 0 Å². The van der Waals surface area contributed by atoms with Crippen molar-refractivity contribution in [2.45, 2.75) is 12.8 Å². The molecule has 6 heteroatoms. The van der Waals surface area contributed by atoms with Crippen molar-refractivity contribution in [3.8, 4) is 5.75 Å². The molecule has 1 aliphatic heterocycles. The lowest BCUT2D eigenvalue weighted by Gasteiger charge is -2.22. The first-order valence-corrected chi connectivity index (χ1v) is 11.6. The number of ketones is 1. The Morgan fingerprint density at radius 3 is 2.45 bits per heavy atom. The molecule has 0 spiro atoms. The zero-order valence-corrected chi connectivity index (χ0v) is 18.4. The summed E-state index contributed by atoms with van der Waals surface area (Å²) in [5.41, 5.74) is 1.97. The van der Waals surface area contributed by atoms with Crippen LogP contribution >= 0.6 is 0 Å². The molecule has 6 atom stereocenters. The number of hydrogen-bond acceptors (Lipinski definition) is 5. The van der Waals surface area contributed by atoms with Gasteiger partial charge in [-0.05, 0) is 85.0 Å². The van der Waals surface area contributed by atoms with Gasteiger partial charge in [0.25, 0.3) is 0 Å². The molecule has 33 heavy (non-hydrogen) atoms. The minimum Gasteiger partial charge on any atom is -0.497 e. The van der Waals surface area contributed by atoms with E-state index in [0.717, 1.165) is 12.1 Å². The van der Waals surface area contributed by atoms with Gasteiger partial charge in [-0.25, -0.2) is 0 Å². The Hall–Kier alpha value is -3.41. The highest BCUT2D eigenvalue weighted by Gasteiger charge is 2.62. The van der Waals surface area contributed by atoms with Crippen LogP contribution in [0.1, 0.15) is 23.2 Å². The number of Topliss-reactive ketones (excluding diaryl/α,β-unsaturated/α-hetero) is 1. The smallest absolute Gasteiger partial charge is 0.238 e. The Morgan fingerprint density at radius 2 is 1.73 bits per heavy atom. The summed E-state index contributed by atoms with van der Waals surface area (Å²) in [5, 5.41) is 3.12. The van der Waals surface area contributed by atoms with Gasteiger partial charge in [0.1, 0.15) is 5.75 Å². The van der Waals surface area contributed by atoms with Crippen LogP contribution in [0.3, 0.4) is 0 Å². The number of carbonyl (C=O) groups excluding carboxylic acids is 3. The fourth-order valence-electron chi connectivity index (χ4n) is 6.13. The largest absolute Gasteiger partial charge is 0.497 e. The van der Waals surface area contributed by atoms with Gasteiger partial charge in [0.15, 0.2) is 5.78 Å². The van der Waals surface area contributed by atoms with Crippen LogP contribution in [-0.4, -0.2) is 31.3 Å². The number of anilines is 2. The highest BCUT2D eigenvalue weighted by molar-refractivity contribution is 6.22. The van der Waals surface area contributed by atoms with Crippen LogP contribution in [0.25, 0.3) is 0 Å². The molecule has 0 aromatic heterocycles. The van der Waals surface area contributed by atoms with Crippen molar-refractivity contribution >= 4 is 29.0 Å². The third-order valence-electron chi connectivity index (χ3n) is 7.92. The summed E-state index contributed by atoms with van der Waals surface area (Å²) in [6.07, 6.45) is 6.47. The molecule has 7 rings (SSSR count). The zero-order valence-electron chi connectivity index (χ0n) is 18.4. The molecule has 1 heterocycles. The first-order valence-electron chi connectivity index (χ1n) is 11.6. The second-order valence-corrected chi connectivity index (χ2v) is 9.62. The Bertz CT molecular complexity index is 1150. The van der Waals surface area contributed by atoms with Gasteiger partial charge < -0.3 is 10.1 Å². The topological polar surface area (TPSA) is 75.7 Å². The average Bonchev–Trinajstić information content (AvgIpc) is 3.64. The van der Waals surface area contributed by atoms with E-state index in [1.807, 2.05) is 12.1 Å². The number of hydrogen-bond donors (Lipinski definition) is 1. The normalized spacial score (nSPS) is 31.1. The van der Waals surface area contributed by atoms with Crippen molar-refractivity contribution in [2.24, 2.45) is 35.5 Å². The number of nitrogens with zero attached hydrogens (tertiary/aromatic N) is 1. The molecule has 1 N–H and O–H groups in total. The molecule has 2 bridgehead atoms. The molecule has 3 fully saturated rings. The summed E-state index contributed by atoms with van der Waals surface area (Å²) < 4.78 is 5.12. The maximum absolute atomic E-state index is 13.4. The van der Waals surface area contributed by atoms with Crippen molar-refractivity contribution in [3.63, 3.8) is 0 Å². The molecule has 0 radical (unpaired) electrons. The van der Waals surface area contributed by atoms with Crippen LogP contribution in [-0.2, 0) is 9.59 Å². The molecule has 2 aromatic rings. The molecule has 168 valence electrons. The molecular formula is C27H26N2O4. The van der Waals surface area contributed by atoms with Crippen LogP contribution < -0.4 is 15.0 Å². The lowest BCUT2D eigenvalue weighted by Crippen LogP contribution is -2.33. The molecule has 2 aromatic carbocycles. The van der Waals surface area contributed by atoms with E-state index in [9.17, 15) is 14.4 Å². The minimum atomic E-state index is -0.212. The van der Waals surface area contributed by atoms with E-state index in [4.69, 9.17) is 4.74 Å². The van der Waals surface area contributed by atoms with Crippen molar-refractivity contribution in [1.82, 2.24) is 0 Å². The number of imide groups is 1. The third-order valence-corrected chi connectivity index (χ3v) is 7.92. The number of carbonyl (C=O) groups is 3. The van der Waals surface area contributed by atoms with E-state index in [0.29, 0.717) is 34.8 Å². The number of rotatable bonds is 6. The molecular weight excluding hydrogens is 416 g/mol. The number of benzene rings is 2. The lowest BCUT2D eigenvalue weighted by atomic mass is 9.81. The summed E-state index contributed by atoms with van der Waals surface area (Å²) in [7, 11) is 1.59. The number of amides is 2.